The molecule has 0 bridgehead atoms. The smallest absolute Gasteiger partial charge is 0.228 e. The normalized spacial score (nSPS) is 16.3. The van der Waals surface area contributed by atoms with Gasteiger partial charge in [0.15, 0.2) is 0 Å². The Morgan fingerprint density at radius 2 is 2.05 bits per heavy atom. The maximum absolute atomic E-state index is 5.17. The Balaban J connectivity index is 1.68. The monoisotopic (exact) mass is 302 g/mol. The number of piperidine rings is 1. The van der Waals surface area contributed by atoms with Gasteiger partial charge in [0, 0.05) is 37.3 Å². The molecular weight excluding hydrogens is 280 g/mol. The molecule has 0 aromatic carbocycles. The molecule has 0 spiro atoms. The van der Waals surface area contributed by atoms with Crippen LogP contribution in [-0.4, -0.2) is 44.9 Å². The fourth-order valence-electron chi connectivity index (χ4n) is 2.88. The number of methoxy groups -OCH3 is 1. The van der Waals surface area contributed by atoms with Crippen LogP contribution in [0.4, 0.5) is 5.95 Å². The SMILES string of the molecule is COc1ccnc(N2CCC(c3nncn3C(C)C)CC2)n1. The average Bonchev–Trinajstić information content (AvgIpc) is 3.05. The maximum atomic E-state index is 5.17. The minimum absolute atomic E-state index is 0.393. The van der Waals surface area contributed by atoms with E-state index in [0.29, 0.717) is 17.8 Å². The highest BCUT2D eigenvalue weighted by atomic mass is 16.5. The Labute approximate surface area is 130 Å². The van der Waals surface area contributed by atoms with Gasteiger partial charge < -0.3 is 14.2 Å². The van der Waals surface area contributed by atoms with Gasteiger partial charge in [-0.05, 0) is 26.7 Å². The Morgan fingerprint density at radius 3 is 2.73 bits per heavy atom. The highest BCUT2D eigenvalue weighted by Gasteiger charge is 2.26. The van der Waals surface area contributed by atoms with Crippen LogP contribution < -0.4 is 9.64 Å². The summed E-state index contributed by atoms with van der Waals surface area (Å²) in [6.45, 7) is 6.16. The molecule has 0 radical (unpaired) electrons. The zero-order valence-corrected chi connectivity index (χ0v) is 13.3. The number of hydrogen-bond acceptors (Lipinski definition) is 6. The lowest BCUT2D eigenvalue weighted by molar-refractivity contribution is 0.394. The van der Waals surface area contributed by atoms with E-state index in [0.717, 1.165) is 37.7 Å². The first-order chi connectivity index (χ1) is 10.7. The third-order valence-electron chi connectivity index (χ3n) is 4.13. The van der Waals surface area contributed by atoms with Gasteiger partial charge in [0.05, 0.1) is 7.11 Å². The van der Waals surface area contributed by atoms with E-state index in [4.69, 9.17) is 4.74 Å². The molecule has 1 aliphatic rings. The van der Waals surface area contributed by atoms with Gasteiger partial charge in [-0.3, -0.25) is 0 Å². The van der Waals surface area contributed by atoms with Crippen LogP contribution in [-0.2, 0) is 0 Å². The van der Waals surface area contributed by atoms with Crippen LogP contribution in [0.15, 0.2) is 18.6 Å². The molecule has 2 aromatic rings. The summed E-state index contributed by atoms with van der Waals surface area (Å²) in [5, 5.41) is 8.41. The van der Waals surface area contributed by atoms with E-state index in [2.05, 4.69) is 43.5 Å². The first-order valence-electron chi connectivity index (χ1n) is 7.70. The molecule has 0 unspecified atom stereocenters. The van der Waals surface area contributed by atoms with Crippen LogP contribution in [0.1, 0.15) is 44.5 Å². The molecule has 0 amide bonds. The van der Waals surface area contributed by atoms with Crippen molar-refractivity contribution in [2.45, 2.75) is 38.6 Å². The van der Waals surface area contributed by atoms with E-state index in [-0.39, 0.29) is 0 Å². The molecule has 3 heterocycles. The summed E-state index contributed by atoms with van der Waals surface area (Å²) in [6, 6.07) is 2.16. The van der Waals surface area contributed by atoms with Crippen LogP contribution in [0.2, 0.25) is 0 Å². The Morgan fingerprint density at radius 1 is 1.27 bits per heavy atom. The van der Waals surface area contributed by atoms with Crippen molar-refractivity contribution in [3.8, 4) is 5.88 Å². The summed E-state index contributed by atoms with van der Waals surface area (Å²) in [4.78, 5) is 11.0. The predicted molar refractivity (Wildman–Crippen MR) is 83.2 cm³/mol. The van der Waals surface area contributed by atoms with Gasteiger partial charge in [-0.25, -0.2) is 4.98 Å². The molecule has 7 heteroatoms. The van der Waals surface area contributed by atoms with E-state index >= 15 is 0 Å². The second kappa shape index (κ2) is 6.29. The minimum Gasteiger partial charge on any atom is -0.481 e. The molecule has 3 rings (SSSR count). The van der Waals surface area contributed by atoms with E-state index in [1.807, 2.05) is 6.33 Å². The lowest BCUT2D eigenvalue weighted by Crippen LogP contribution is -2.35. The third-order valence-corrected chi connectivity index (χ3v) is 4.13. The third kappa shape index (κ3) is 2.88. The van der Waals surface area contributed by atoms with Crippen LogP contribution in [0, 0.1) is 0 Å². The first kappa shape index (κ1) is 14.7. The van der Waals surface area contributed by atoms with Crippen molar-refractivity contribution in [3.63, 3.8) is 0 Å². The number of rotatable bonds is 4. The van der Waals surface area contributed by atoms with Gasteiger partial charge in [-0.1, -0.05) is 0 Å². The van der Waals surface area contributed by atoms with Crippen LogP contribution in [0.3, 0.4) is 0 Å². The first-order valence-corrected chi connectivity index (χ1v) is 7.70. The number of aromatic nitrogens is 5. The van der Waals surface area contributed by atoms with Crippen molar-refractivity contribution in [1.29, 1.82) is 0 Å². The number of ether oxygens (including phenoxy) is 1. The number of nitrogens with zero attached hydrogens (tertiary/aromatic N) is 6. The van der Waals surface area contributed by atoms with Crippen LogP contribution >= 0.6 is 0 Å². The standard InChI is InChI=1S/C15H22N6O/c1-11(2)21-10-17-19-14(21)12-5-8-20(9-6-12)15-16-7-4-13(18-15)22-3/h4,7,10-12H,5-6,8-9H2,1-3H3. The van der Waals surface area contributed by atoms with Gasteiger partial charge in [-0.2, -0.15) is 4.98 Å². The molecule has 118 valence electrons. The van der Waals surface area contributed by atoms with Gasteiger partial charge in [0.2, 0.25) is 11.8 Å². The quantitative estimate of drug-likeness (QED) is 0.861. The molecule has 0 N–H and O–H groups in total. The largest absolute Gasteiger partial charge is 0.481 e. The van der Waals surface area contributed by atoms with Crippen molar-refractivity contribution in [2.24, 2.45) is 0 Å². The topological polar surface area (TPSA) is 69.0 Å². The van der Waals surface area contributed by atoms with Crippen molar-refractivity contribution in [2.75, 3.05) is 25.1 Å². The summed E-state index contributed by atoms with van der Waals surface area (Å²) < 4.78 is 7.34. The molecule has 22 heavy (non-hydrogen) atoms. The van der Waals surface area contributed by atoms with Crippen LogP contribution in [0.25, 0.3) is 0 Å². The molecular formula is C15H22N6O. The van der Waals surface area contributed by atoms with Gasteiger partial charge in [0.25, 0.3) is 0 Å². The Bertz CT molecular complexity index is 618. The highest BCUT2D eigenvalue weighted by Crippen LogP contribution is 2.29. The summed E-state index contributed by atoms with van der Waals surface area (Å²) in [7, 11) is 1.62. The number of anilines is 1. The van der Waals surface area contributed by atoms with Crippen molar-refractivity contribution < 1.29 is 4.74 Å². The summed E-state index contributed by atoms with van der Waals surface area (Å²) in [5.41, 5.74) is 0. The lowest BCUT2D eigenvalue weighted by Gasteiger charge is -2.32. The number of hydrogen-bond donors (Lipinski definition) is 0. The van der Waals surface area contributed by atoms with Crippen LogP contribution in [0.5, 0.6) is 5.88 Å². The molecule has 2 aromatic heterocycles. The van der Waals surface area contributed by atoms with Crippen molar-refractivity contribution in [3.05, 3.63) is 24.4 Å². The molecule has 0 aliphatic carbocycles. The zero-order chi connectivity index (χ0) is 15.5. The van der Waals surface area contributed by atoms with Gasteiger partial charge in [0.1, 0.15) is 12.2 Å². The molecule has 0 saturated carbocycles. The highest BCUT2D eigenvalue weighted by molar-refractivity contribution is 5.33. The minimum atomic E-state index is 0.393. The second-order valence-electron chi connectivity index (χ2n) is 5.85. The molecule has 1 saturated heterocycles. The molecule has 1 aliphatic heterocycles. The van der Waals surface area contributed by atoms with E-state index in [9.17, 15) is 0 Å². The van der Waals surface area contributed by atoms with Crippen molar-refractivity contribution >= 4 is 5.95 Å². The summed E-state index contributed by atoms with van der Waals surface area (Å²) in [5.74, 6) is 2.89. The fourth-order valence-corrected chi connectivity index (χ4v) is 2.88. The Kier molecular flexibility index (Phi) is 4.22. The summed E-state index contributed by atoms with van der Waals surface area (Å²) >= 11 is 0. The van der Waals surface area contributed by atoms with E-state index < -0.39 is 0 Å². The second-order valence-corrected chi connectivity index (χ2v) is 5.85. The van der Waals surface area contributed by atoms with E-state index in [1.165, 1.54) is 0 Å². The van der Waals surface area contributed by atoms with Gasteiger partial charge >= 0.3 is 0 Å². The molecule has 7 nitrogen and oxygen atoms in total. The maximum Gasteiger partial charge on any atom is 0.228 e. The van der Waals surface area contributed by atoms with Crippen molar-refractivity contribution in [1.82, 2.24) is 24.7 Å². The average molecular weight is 302 g/mol. The molecule has 0 atom stereocenters. The molecule has 1 fully saturated rings. The zero-order valence-electron chi connectivity index (χ0n) is 13.3. The Hall–Kier alpha value is -2.18. The van der Waals surface area contributed by atoms with Gasteiger partial charge in [-0.15, -0.1) is 10.2 Å². The fraction of sp³-hybridized carbons (Fsp3) is 0.600. The lowest BCUT2D eigenvalue weighted by atomic mass is 9.96. The predicted octanol–water partition coefficient (Wildman–Crippen LogP) is 2.04. The summed E-state index contributed by atoms with van der Waals surface area (Å²) in [6.07, 6.45) is 5.64. The van der Waals surface area contributed by atoms with E-state index in [1.54, 1.807) is 19.4 Å².